The van der Waals surface area contributed by atoms with E-state index in [1.165, 1.54) is 0 Å². The molecule has 0 radical (unpaired) electrons. The minimum absolute atomic E-state index is 0.210. The van der Waals surface area contributed by atoms with Crippen LogP contribution in [0.3, 0.4) is 0 Å². The van der Waals surface area contributed by atoms with Gasteiger partial charge in [0.25, 0.3) is 0 Å². The van der Waals surface area contributed by atoms with E-state index in [9.17, 15) is 0 Å². The largest absolute Gasteiger partial charge is 0.365 e. The Morgan fingerprint density at radius 3 is 2.56 bits per heavy atom. The van der Waals surface area contributed by atoms with Crippen LogP contribution in [0.1, 0.15) is 17.0 Å². The van der Waals surface area contributed by atoms with Gasteiger partial charge in [-0.2, -0.15) is 0 Å². The van der Waals surface area contributed by atoms with Gasteiger partial charge in [0.2, 0.25) is 0 Å². The molecule has 0 bridgehead atoms. The van der Waals surface area contributed by atoms with Crippen LogP contribution in [-0.4, -0.2) is 10.1 Å². The number of anilines is 1. The fourth-order valence-corrected chi connectivity index (χ4v) is 2.06. The third-order valence-electron chi connectivity index (χ3n) is 2.50. The Balaban J connectivity index is 2.18. The Morgan fingerprint density at radius 1 is 1.22 bits per heavy atom. The Kier molecular flexibility index (Phi) is 4.00. The second-order valence-corrected chi connectivity index (χ2v) is 4.92. The van der Waals surface area contributed by atoms with Gasteiger partial charge in [-0.3, -0.25) is 0 Å². The molecule has 0 saturated carbocycles. The van der Waals surface area contributed by atoms with Gasteiger partial charge in [0.05, 0.1) is 15.7 Å². The Hall–Kier alpha value is -0.970. The van der Waals surface area contributed by atoms with Crippen LogP contribution >= 0.6 is 34.8 Å². The highest BCUT2D eigenvalue weighted by atomic mass is 35.5. The summed E-state index contributed by atoms with van der Waals surface area (Å²) in [5.41, 5.74) is 1.80. The maximum atomic E-state index is 6.01. The molecule has 2 aromatic rings. The predicted molar refractivity (Wildman–Crippen MR) is 72.6 cm³/mol. The number of nitrogens with zero attached hydrogens (tertiary/aromatic N) is 2. The highest BCUT2D eigenvalue weighted by Gasteiger charge is 2.11. The highest BCUT2D eigenvalue weighted by Crippen LogP contribution is 2.29. The quantitative estimate of drug-likeness (QED) is 0.861. The van der Waals surface area contributed by atoms with Crippen LogP contribution in [0.2, 0.25) is 15.2 Å². The molecule has 0 aromatic carbocycles. The molecule has 0 fully saturated rings. The SMILES string of the molecule is Cc1noc(C)c1CNc1nc(Cl)c(Cl)cc1Cl. The standard InChI is InChI=1S/C11H10Cl3N3O/c1-5-7(6(2)18-17-5)4-15-11-9(13)3-8(12)10(14)16-11/h3H,4H2,1-2H3,(H,15,16). The topological polar surface area (TPSA) is 51.0 Å². The van der Waals surface area contributed by atoms with Crippen LogP contribution in [0.15, 0.2) is 10.6 Å². The van der Waals surface area contributed by atoms with E-state index in [1.54, 1.807) is 6.07 Å². The number of pyridine rings is 1. The predicted octanol–water partition coefficient (Wildman–Crippen LogP) is 4.26. The highest BCUT2D eigenvalue weighted by molar-refractivity contribution is 6.42. The Bertz CT molecular complexity index is 564. The van der Waals surface area contributed by atoms with E-state index >= 15 is 0 Å². The van der Waals surface area contributed by atoms with E-state index in [1.807, 2.05) is 13.8 Å². The van der Waals surface area contributed by atoms with Gasteiger partial charge in [-0.05, 0) is 19.9 Å². The van der Waals surface area contributed by atoms with Crippen LogP contribution in [0.25, 0.3) is 0 Å². The molecule has 4 nitrogen and oxygen atoms in total. The lowest BCUT2D eigenvalue weighted by molar-refractivity contribution is 0.392. The second-order valence-electron chi connectivity index (χ2n) is 3.75. The number of hydrogen-bond donors (Lipinski definition) is 1. The summed E-state index contributed by atoms with van der Waals surface area (Å²) >= 11 is 17.7. The fraction of sp³-hybridized carbons (Fsp3) is 0.273. The van der Waals surface area contributed by atoms with Crippen LogP contribution < -0.4 is 5.32 Å². The minimum Gasteiger partial charge on any atom is -0.365 e. The van der Waals surface area contributed by atoms with Crippen LogP contribution in [-0.2, 0) is 6.54 Å². The summed E-state index contributed by atoms with van der Waals surface area (Å²) in [5, 5.41) is 7.89. The molecule has 7 heteroatoms. The van der Waals surface area contributed by atoms with Crippen molar-refractivity contribution in [2.75, 3.05) is 5.32 Å². The van der Waals surface area contributed by atoms with E-state index < -0.39 is 0 Å². The number of rotatable bonds is 3. The lowest BCUT2D eigenvalue weighted by atomic mass is 10.2. The van der Waals surface area contributed by atoms with Gasteiger partial charge in [-0.1, -0.05) is 40.0 Å². The van der Waals surface area contributed by atoms with Crippen molar-refractivity contribution in [2.45, 2.75) is 20.4 Å². The molecule has 18 heavy (non-hydrogen) atoms. The zero-order chi connectivity index (χ0) is 13.3. The summed E-state index contributed by atoms with van der Waals surface area (Å²) in [6.45, 7) is 4.23. The summed E-state index contributed by atoms with van der Waals surface area (Å²) in [6, 6.07) is 1.55. The van der Waals surface area contributed by atoms with Crippen molar-refractivity contribution in [2.24, 2.45) is 0 Å². The molecule has 96 valence electrons. The number of aromatic nitrogens is 2. The first-order valence-electron chi connectivity index (χ1n) is 5.16. The molecule has 0 amide bonds. The molecule has 0 unspecified atom stereocenters. The van der Waals surface area contributed by atoms with E-state index in [4.69, 9.17) is 39.3 Å². The third-order valence-corrected chi connectivity index (χ3v) is 3.46. The van der Waals surface area contributed by atoms with Crippen LogP contribution in [0.5, 0.6) is 0 Å². The van der Waals surface area contributed by atoms with Crippen molar-refractivity contribution >= 4 is 40.6 Å². The van der Waals surface area contributed by atoms with Crippen LogP contribution in [0, 0.1) is 13.8 Å². The van der Waals surface area contributed by atoms with E-state index in [2.05, 4.69) is 15.5 Å². The second kappa shape index (κ2) is 5.34. The molecule has 0 spiro atoms. The first kappa shape index (κ1) is 13.5. The summed E-state index contributed by atoms with van der Waals surface area (Å²) in [4.78, 5) is 4.07. The normalized spacial score (nSPS) is 10.7. The van der Waals surface area contributed by atoms with Crippen molar-refractivity contribution in [1.29, 1.82) is 0 Å². The van der Waals surface area contributed by atoms with Gasteiger partial charge in [-0.15, -0.1) is 0 Å². The zero-order valence-corrected chi connectivity index (χ0v) is 12.0. The summed E-state index contributed by atoms with van der Waals surface area (Å²) in [7, 11) is 0. The first-order chi connectivity index (χ1) is 8.49. The molecule has 0 atom stereocenters. The lowest BCUT2D eigenvalue weighted by Gasteiger charge is -2.08. The lowest BCUT2D eigenvalue weighted by Crippen LogP contribution is -2.04. The van der Waals surface area contributed by atoms with Crippen LogP contribution in [0.4, 0.5) is 5.82 Å². The molecule has 2 aromatic heterocycles. The molecule has 1 N–H and O–H groups in total. The van der Waals surface area contributed by atoms with Crippen molar-refractivity contribution in [1.82, 2.24) is 10.1 Å². The Labute approximate surface area is 119 Å². The number of hydrogen-bond acceptors (Lipinski definition) is 4. The maximum Gasteiger partial charge on any atom is 0.150 e. The van der Waals surface area contributed by atoms with Gasteiger partial charge in [0.1, 0.15) is 16.7 Å². The summed E-state index contributed by atoms with van der Waals surface area (Å²) < 4.78 is 5.07. The van der Waals surface area contributed by atoms with E-state index in [0.717, 1.165) is 17.0 Å². The summed E-state index contributed by atoms with van der Waals surface area (Å²) in [5.74, 6) is 1.24. The number of aryl methyl sites for hydroxylation is 2. The Morgan fingerprint density at radius 2 is 1.94 bits per heavy atom. The van der Waals surface area contributed by atoms with Crippen molar-refractivity contribution in [3.8, 4) is 0 Å². The van der Waals surface area contributed by atoms with Crippen molar-refractivity contribution in [3.63, 3.8) is 0 Å². The third kappa shape index (κ3) is 2.71. The molecule has 0 aliphatic heterocycles. The summed E-state index contributed by atoms with van der Waals surface area (Å²) in [6.07, 6.45) is 0. The zero-order valence-electron chi connectivity index (χ0n) is 9.72. The molecule has 0 saturated heterocycles. The molecular formula is C11H10Cl3N3O. The van der Waals surface area contributed by atoms with Crippen molar-refractivity contribution in [3.05, 3.63) is 38.3 Å². The fourth-order valence-electron chi connectivity index (χ4n) is 1.49. The molecule has 2 rings (SSSR count). The number of halogens is 3. The monoisotopic (exact) mass is 305 g/mol. The van der Waals surface area contributed by atoms with Gasteiger partial charge in [-0.25, -0.2) is 4.98 Å². The average molecular weight is 307 g/mol. The smallest absolute Gasteiger partial charge is 0.150 e. The molecule has 0 aliphatic rings. The molecule has 0 aliphatic carbocycles. The average Bonchev–Trinajstić information content (AvgIpc) is 2.62. The molecular weight excluding hydrogens is 296 g/mol. The van der Waals surface area contributed by atoms with Crippen molar-refractivity contribution < 1.29 is 4.52 Å². The van der Waals surface area contributed by atoms with E-state index in [-0.39, 0.29) is 5.15 Å². The van der Waals surface area contributed by atoms with Gasteiger partial charge in [0, 0.05) is 12.1 Å². The number of nitrogens with one attached hydrogen (secondary N) is 1. The van der Waals surface area contributed by atoms with E-state index in [0.29, 0.717) is 22.4 Å². The minimum atomic E-state index is 0.210. The van der Waals surface area contributed by atoms with Gasteiger partial charge < -0.3 is 9.84 Å². The maximum absolute atomic E-state index is 6.01. The first-order valence-corrected chi connectivity index (χ1v) is 6.29. The molecule has 2 heterocycles. The van der Waals surface area contributed by atoms with Gasteiger partial charge >= 0.3 is 0 Å². The van der Waals surface area contributed by atoms with Gasteiger partial charge in [0.15, 0.2) is 0 Å².